The van der Waals surface area contributed by atoms with Crippen molar-refractivity contribution in [3.63, 3.8) is 0 Å². The highest BCUT2D eigenvalue weighted by Gasteiger charge is 2.09. The predicted molar refractivity (Wildman–Crippen MR) is 96.4 cm³/mol. The van der Waals surface area contributed by atoms with Crippen LogP contribution in [0.5, 0.6) is 0 Å². The minimum absolute atomic E-state index is 0.194. The second kappa shape index (κ2) is 8.88. The van der Waals surface area contributed by atoms with Crippen molar-refractivity contribution in [2.24, 2.45) is 5.14 Å². The minimum atomic E-state index is -0.194. The maximum Gasteiger partial charge on any atom is 0.246 e. The highest BCUT2D eigenvalue weighted by atomic mass is 32.2. The number of carbonyl (C=O) groups is 1. The molecule has 1 aliphatic rings. The van der Waals surface area contributed by atoms with Crippen molar-refractivity contribution in [1.29, 1.82) is 0 Å². The van der Waals surface area contributed by atoms with Gasteiger partial charge in [0.2, 0.25) is 5.91 Å². The summed E-state index contributed by atoms with van der Waals surface area (Å²) in [5.41, 5.74) is 2.56. The van der Waals surface area contributed by atoms with Crippen molar-refractivity contribution in [1.82, 2.24) is 5.06 Å². The van der Waals surface area contributed by atoms with Gasteiger partial charge in [0.1, 0.15) is 0 Å². The summed E-state index contributed by atoms with van der Waals surface area (Å²) in [7, 11) is 0. The zero-order valence-corrected chi connectivity index (χ0v) is 14.6. The third kappa shape index (κ3) is 5.51. The van der Waals surface area contributed by atoms with Gasteiger partial charge in [0, 0.05) is 11.3 Å². The molecule has 0 saturated heterocycles. The summed E-state index contributed by atoms with van der Waals surface area (Å²) in [6, 6.07) is 12.7. The number of allylic oxidation sites excluding steroid dienone is 1. The summed E-state index contributed by atoms with van der Waals surface area (Å²) in [4.78, 5) is 11.9. The Morgan fingerprint density at radius 1 is 1.17 bits per heavy atom. The van der Waals surface area contributed by atoms with Crippen LogP contribution in [0.15, 0.2) is 52.8 Å². The van der Waals surface area contributed by atoms with Gasteiger partial charge in [-0.1, -0.05) is 42.0 Å². The van der Waals surface area contributed by atoms with E-state index in [0.29, 0.717) is 13.0 Å². The molecule has 0 atom stereocenters. The van der Waals surface area contributed by atoms with E-state index in [1.165, 1.54) is 28.0 Å². The SMILES string of the molecule is Cc1ccc(-c2ccc(SN)s2)cc1.O=C1CCC=CCN1O. The molecule has 1 aliphatic heterocycles. The summed E-state index contributed by atoms with van der Waals surface area (Å²) < 4.78 is 1.15. The maximum atomic E-state index is 10.6. The lowest BCUT2D eigenvalue weighted by Crippen LogP contribution is -2.25. The second-order valence-electron chi connectivity index (χ2n) is 5.09. The number of carbonyl (C=O) groups excluding carboxylic acids is 1. The fourth-order valence-corrected chi connectivity index (χ4v) is 3.34. The molecule has 0 saturated carbocycles. The highest BCUT2D eigenvalue weighted by Crippen LogP contribution is 2.31. The highest BCUT2D eigenvalue weighted by molar-refractivity contribution is 7.99. The molecular formula is C17H20N2O2S2. The zero-order valence-electron chi connectivity index (χ0n) is 12.9. The van der Waals surface area contributed by atoms with Crippen LogP contribution in [0.3, 0.4) is 0 Å². The van der Waals surface area contributed by atoms with Gasteiger partial charge in [-0.3, -0.25) is 15.1 Å². The summed E-state index contributed by atoms with van der Waals surface area (Å²) in [6.45, 7) is 2.43. The molecule has 1 aromatic heterocycles. The first-order valence-corrected chi connectivity index (χ1v) is 8.97. The number of hydrogen-bond donors (Lipinski definition) is 2. The fourth-order valence-electron chi connectivity index (χ4n) is 1.99. The quantitative estimate of drug-likeness (QED) is 0.484. The van der Waals surface area contributed by atoms with Crippen molar-refractivity contribution < 1.29 is 10.0 Å². The Kier molecular flexibility index (Phi) is 6.85. The smallest absolute Gasteiger partial charge is 0.246 e. The molecule has 0 spiro atoms. The molecule has 6 heteroatoms. The minimum Gasteiger partial charge on any atom is -0.286 e. The van der Waals surface area contributed by atoms with Gasteiger partial charge in [-0.15, -0.1) is 11.3 Å². The van der Waals surface area contributed by atoms with E-state index in [1.807, 2.05) is 6.08 Å². The van der Waals surface area contributed by atoms with Crippen molar-refractivity contribution >= 4 is 29.2 Å². The molecule has 0 unspecified atom stereocenters. The largest absolute Gasteiger partial charge is 0.286 e. The van der Waals surface area contributed by atoms with E-state index in [0.717, 1.165) is 15.7 Å². The Bertz CT molecular complexity index is 665. The number of rotatable bonds is 2. The van der Waals surface area contributed by atoms with Gasteiger partial charge in [0.15, 0.2) is 0 Å². The van der Waals surface area contributed by atoms with E-state index in [4.69, 9.17) is 10.3 Å². The first-order valence-electron chi connectivity index (χ1n) is 7.28. The number of thiophene rings is 1. The first kappa shape index (κ1) is 17.7. The normalized spacial score (nSPS) is 14.2. The van der Waals surface area contributed by atoms with Crippen LogP contribution in [0.4, 0.5) is 0 Å². The lowest BCUT2D eigenvalue weighted by molar-refractivity contribution is -0.162. The van der Waals surface area contributed by atoms with Crippen molar-refractivity contribution in [2.45, 2.75) is 24.0 Å². The molecule has 0 radical (unpaired) electrons. The van der Waals surface area contributed by atoms with Gasteiger partial charge in [0.05, 0.1) is 10.8 Å². The van der Waals surface area contributed by atoms with Gasteiger partial charge >= 0.3 is 0 Å². The monoisotopic (exact) mass is 348 g/mol. The Balaban J connectivity index is 0.000000185. The molecule has 1 amide bonds. The van der Waals surface area contributed by atoms with Gasteiger partial charge in [-0.05, 0) is 43.0 Å². The van der Waals surface area contributed by atoms with Crippen LogP contribution >= 0.6 is 23.3 Å². The standard InChI is InChI=1S/C11H11NS2.C6H9NO2/c1-8-2-4-9(5-3-8)10-6-7-11(13-10)14-12;8-6-4-2-1-3-5-7(6)9/h2-7H,12H2,1H3;1,3,9H,2,4-5H2. The molecular weight excluding hydrogens is 328 g/mol. The van der Waals surface area contributed by atoms with Gasteiger partial charge in [-0.25, -0.2) is 5.06 Å². The van der Waals surface area contributed by atoms with E-state index in [1.54, 1.807) is 17.4 Å². The molecule has 2 aromatic rings. The average molecular weight is 348 g/mol. The fraction of sp³-hybridized carbons (Fsp3) is 0.235. The van der Waals surface area contributed by atoms with Crippen LogP contribution in [0.1, 0.15) is 18.4 Å². The molecule has 2 heterocycles. The van der Waals surface area contributed by atoms with Crippen molar-refractivity contribution in [2.75, 3.05) is 6.54 Å². The van der Waals surface area contributed by atoms with Crippen LogP contribution in [0.2, 0.25) is 0 Å². The summed E-state index contributed by atoms with van der Waals surface area (Å²) in [5.74, 6) is -0.194. The molecule has 0 fully saturated rings. The molecule has 122 valence electrons. The predicted octanol–water partition coefficient (Wildman–Crippen LogP) is 4.24. The second-order valence-corrected chi connectivity index (χ2v) is 7.11. The van der Waals surface area contributed by atoms with E-state index < -0.39 is 0 Å². The number of hydroxylamine groups is 2. The Hall–Kier alpha value is -1.60. The van der Waals surface area contributed by atoms with Crippen molar-refractivity contribution in [3.8, 4) is 10.4 Å². The summed E-state index contributed by atoms with van der Waals surface area (Å²) >= 11 is 3.04. The van der Waals surface area contributed by atoms with Crippen molar-refractivity contribution in [3.05, 3.63) is 54.1 Å². The summed E-state index contributed by atoms with van der Waals surface area (Å²) in [5, 5.41) is 15.0. The zero-order chi connectivity index (χ0) is 16.7. The molecule has 3 rings (SSSR count). The third-order valence-corrected chi connectivity index (χ3v) is 5.13. The van der Waals surface area contributed by atoms with Crippen LogP contribution in [0, 0.1) is 6.92 Å². The van der Waals surface area contributed by atoms with Crippen LogP contribution in [-0.4, -0.2) is 22.7 Å². The summed E-state index contributed by atoms with van der Waals surface area (Å²) in [6.07, 6.45) is 4.85. The number of aryl methyl sites for hydroxylation is 1. The Morgan fingerprint density at radius 3 is 2.57 bits per heavy atom. The number of benzene rings is 1. The first-order chi connectivity index (χ1) is 11.1. The van der Waals surface area contributed by atoms with Crippen LogP contribution in [0.25, 0.3) is 10.4 Å². The number of amides is 1. The van der Waals surface area contributed by atoms with Crippen LogP contribution in [-0.2, 0) is 4.79 Å². The molecule has 0 aliphatic carbocycles. The molecule has 4 nitrogen and oxygen atoms in total. The molecule has 3 N–H and O–H groups in total. The number of nitrogens with two attached hydrogens (primary N) is 1. The molecule has 0 bridgehead atoms. The van der Waals surface area contributed by atoms with Gasteiger partial charge in [0.25, 0.3) is 0 Å². The lowest BCUT2D eigenvalue weighted by Gasteiger charge is -2.08. The number of hydrogen-bond acceptors (Lipinski definition) is 5. The average Bonchev–Trinajstić information content (AvgIpc) is 2.96. The lowest BCUT2D eigenvalue weighted by atomic mass is 10.1. The van der Waals surface area contributed by atoms with E-state index in [2.05, 4.69) is 43.3 Å². The Morgan fingerprint density at radius 2 is 1.91 bits per heavy atom. The van der Waals surface area contributed by atoms with Crippen LogP contribution < -0.4 is 5.14 Å². The Labute approximate surface area is 144 Å². The third-order valence-electron chi connectivity index (χ3n) is 3.29. The molecule has 1 aromatic carbocycles. The van der Waals surface area contributed by atoms with Gasteiger partial charge < -0.3 is 0 Å². The molecule has 23 heavy (non-hydrogen) atoms. The van der Waals surface area contributed by atoms with Gasteiger partial charge in [-0.2, -0.15) is 0 Å². The van der Waals surface area contributed by atoms with E-state index in [-0.39, 0.29) is 5.91 Å². The van der Waals surface area contributed by atoms with E-state index in [9.17, 15) is 4.79 Å². The maximum absolute atomic E-state index is 10.6. The van der Waals surface area contributed by atoms with E-state index >= 15 is 0 Å². The topological polar surface area (TPSA) is 66.6 Å². The number of nitrogens with zero attached hydrogens (tertiary/aromatic N) is 1.